The molecule has 4 heteroatoms. The second-order valence-corrected chi connectivity index (χ2v) is 6.25. The monoisotopic (exact) mass is 275 g/mol. The van der Waals surface area contributed by atoms with Crippen molar-refractivity contribution in [3.05, 3.63) is 23.8 Å². The molecule has 2 rings (SSSR count). The van der Waals surface area contributed by atoms with E-state index in [1.165, 1.54) is 0 Å². The minimum atomic E-state index is 0.463. The number of piperidine rings is 1. The summed E-state index contributed by atoms with van der Waals surface area (Å²) in [7, 11) is 0. The van der Waals surface area contributed by atoms with E-state index in [0.717, 1.165) is 41.3 Å². The summed E-state index contributed by atoms with van der Waals surface area (Å²) < 4.78 is 0. The highest BCUT2D eigenvalue weighted by atomic mass is 32.2. The number of benzene rings is 1. The number of anilines is 1. The molecule has 1 saturated heterocycles. The van der Waals surface area contributed by atoms with E-state index in [0.29, 0.717) is 12.1 Å². The molecule has 1 aromatic rings. The van der Waals surface area contributed by atoms with Crippen LogP contribution in [0.5, 0.6) is 0 Å². The van der Waals surface area contributed by atoms with Gasteiger partial charge < -0.3 is 10.6 Å². The van der Waals surface area contributed by atoms with Crippen molar-refractivity contribution in [1.82, 2.24) is 5.32 Å². The Morgan fingerprint density at radius 2 is 2.37 bits per heavy atom. The summed E-state index contributed by atoms with van der Waals surface area (Å²) in [4.78, 5) is 1.08. The maximum absolute atomic E-state index is 9.39. The first-order valence-electron chi connectivity index (χ1n) is 6.90. The molecule has 0 bridgehead atoms. The van der Waals surface area contributed by atoms with Crippen molar-refractivity contribution in [2.75, 3.05) is 17.6 Å². The van der Waals surface area contributed by atoms with Crippen LogP contribution in [0.3, 0.4) is 0 Å². The zero-order chi connectivity index (χ0) is 13.7. The van der Waals surface area contributed by atoms with E-state index < -0.39 is 0 Å². The molecule has 102 valence electrons. The lowest BCUT2D eigenvalue weighted by molar-refractivity contribution is 0.396. The Labute approximate surface area is 119 Å². The molecule has 1 heterocycles. The molecule has 1 aromatic carbocycles. The van der Waals surface area contributed by atoms with Gasteiger partial charge in [-0.05, 0) is 44.2 Å². The van der Waals surface area contributed by atoms with Crippen LogP contribution in [-0.2, 0) is 0 Å². The van der Waals surface area contributed by atoms with Gasteiger partial charge in [0, 0.05) is 17.0 Å². The van der Waals surface area contributed by atoms with Crippen LogP contribution >= 0.6 is 11.8 Å². The van der Waals surface area contributed by atoms with Crippen LogP contribution in [0.25, 0.3) is 0 Å². The van der Waals surface area contributed by atoms with Crippen molar-refractivity contribution < 1.29 is 0 Å². The van der Waals surface area contributed by atoms with E-state index in [1.54, 1.807) is 11.8 Å². The molecule has 0 saturated carbocycles. The lowest BCUT2D eigenvalue weighted by Crippen LogP contribution is -2.41. The van der Waals surface area contributed by atoms with E-state index in [1.807, 2.05) is 18.2 Å². The van der Waals surface area contributed by atoms with Crippen molar-refractivity contribution >= 4 is 17.4 Å². The van der Waals surface area contributed by atoms with Gasteiger partial charge in [0.05, 0.1) is 11.3 Å². The van der Waals surface area contributed by atoms with Crippen LogP contribution in [0.4, 0.5) is 5.69 Å². The van der Waals surface area contributed by atoms with Crippen LogP contribution in [-0.4, -0.2) is 24.4 Å². The smallest absolute Gasteiger partial charge is 0.102 e. The second kappa shape index (κ2) is 6.83. The van der Waals surface area contributed by atoms with Crippen molar-refractivity contribution in [2.45, 2.75) is 43.7 Å². The van der Waals surface area contributed by atoms with E-state index >= 15 is 0 Å². The molecule has 0 radical (unpaired) electrons. The Kier molecular flexibility index (Phi) is 5.12. The highest BCUT2D eigenvalue weighted by Gasteiger charge is 2.19. The summed E-state index contributed by atoms with van der Waals surface area (Å²) in [5.74, 6) is 0.989. The molecule has 0 spiro atoms. The fourth-order valence-corrected chi connectivity index (χ4v) is 3.31. The highest BCUT2D eigenvalue weighted by molar-refractivity contribution is 7.99. The van der Waals surface area contributed by atoms with Crippen LogP contribution in [0.2, 0.25) is 0 Å². The topological polar surface area (TPSA) is 47.8 Å². The minimum absolute atomic E-state index is 0.463. The van der Waals surface area contributed by atoms with Gasteiger partial charge in [0.2, 0.25) is 0 Å². The Morgan fingerprint density at radius 3 is 3.05 bits per heavy atom. The summed E-state index contributed by atoms with van der Waals surface area (Å²) in [6.45, 7) is 5.37. The van der Waals surface area contributed by atoms with Crippen LogP contribution in [0.1, 0.15) is 32.3 Å². The SMILES string of the molecule is CCSc1cccc(NC2CCNC(C)C2)c1C#N. The van der Waals surface area contributed by atoms with Crippen molar-refractivity contribution in [3.63, 3.8) is 0 Å². The Morgan fingerprint density at radius 1 is 1.53 bits per heavy atom. The molecule has 19 heavy (non-hydrogen) atoms. The summed E-state index contributed by atoms with van der Waals surface area (Å²) in [5, 5.41) is 16.4. The lowest BCUT2D eigenvalue weighted by Gasteiger charge is -2.29. The molecule has 3 nitrogen and oxygen atoms in total. The summed E-state index contributed by atoms with van der Waals surface area (Å²) in [5.41, 5.74) is 1.78. The standard InChI is InChI=1S/C15H21N3S/c1-3-19-15-6-4-5-14(13(15)10-16)18-12-7-8-17-11(2)9-12/h4-6,11-12,17-18H,3,7-9H2,1-2H3. The molecular weight excluding hydrogens is 254 g/mol. The largest absolute Gasteiger partial charge is 0.381 e. The van der Waals surface area contributed by atoms with E-state index in [9.17, 15) is 5.26 Å². The van der Waals surface area contributed by atoms with Gasteiger partial charge in [-0.2, -0.15) is 5.26 Å². The summed E-state index contributed by atoms with van der Waals surface area (Å²) in [6.07, 6.45) is 2.22. The quantitative estimate of drug-likeness (QED) is 0.828. The van der Waals surface area contributed by atoms with Crippen molar-refractivity contribution in [1.29, 1.82) is 5.26 Å². The van der Waals surface area contributed by atoms with Crippen LogP contribution in [0, 0.1) is 11.3 Å². The molecule has 2 unspecified atom stereocenters. The molecule has 0 aromatic heterocycles. The van der Waals surface area contributed by atoms with E-state index in [4.69, 9.17) is 0 Å². The fourth-order valence-electron chi connectivity index (χ4n) is 2.53. The molecule has 1 fully saturated rings. The van der Waals surface area contributed by atoms with Gasteiger partial charge in [-0.1, -0.05) is 13.0 Å². The second-order valence-electron chi connectivity index (χ2n) is 4.94. The van der Waals surface area contributed by atoms with Gasteiger partial charge in [0.15, 0.2) is 0 Å². The van der Waals surface area contributed by atoms with Crippen LogP contribution < -0.4 is 10.6 Å². The predicted molar refractivity (Wildman–Crippen MR) is 81.7 cm³/mol. The Balaban J connectivity index is 2.15. The number of hydrogen-bond acceptors (Lipinski definition) is 4. The van der Waals surface area contributed by atoms with Gasteiger partial charge in [-0.25, -0.2) is 0 Å². The van der Waals surface area contributed by atoms with Gasteiger partial charge in [-0.15, -0.1) is 11.8 Å². The average Bonchev–Trinajstić information content (AvgIpc) is 2.39. The molecule has 1 aliphatic heterocycles. The predicted octanol–water partition coefficient (Wildman–Crippen LogP) is 3.22. The number of nitriles is 1. The van der Waals surface area contributed by atoms with Gasteiger partial charge in [0.1, 0.15) is 6.07 Å². The molecular formula is C15H21N3S. The lowest BCUT2D eigenvalue weighted by atomic mass is 10.00. The zero-order valence-corrected chi connectivity index (χ0v) is 12.4. The summed E-state index contributed by atoms with van der Waals surface area (Å²) in [6, 6.07) is 9.44. The highest BCUT2D eigenvalue weighted by Crippen LogP contribution is 2.29. The Bertz CT molecular complexity index is 467. The third kappa shape index (κ3) is 3.65. The molecule has 0 aliphatic carbocycles. The first-order chi connectivity index (χ1) is 9.24. The number of nitrogens with zero attached hydrogens (tertiary/aromatic N) is 1. The zero-order valence-electron chi connectivity index (χ0n) is 11.6. The number of nitrogens with one attached hydrogen (secondary N) is 2. The normalized spacial score (nSPS) is 22.8. The third-order valence-corrected chi connectivity index (χ3v) is 4.36. The maximum atomic E-state index is 9.39. The first kappa shape index (κ1) is 14.2. The maximum Gasteiger partial charge on any atom is 0.102 e. The molecule has 2 atom stereocenters. The van der Waals surface area contributed by atoms with Crippen molar-refractivity contribution in [2.24, 2.45) is 0 Å². The number of hydrogen-bond donors (Lipinski definition) is 2. The van der Waals surface area contributed by atoms with Gasteiger partial charge >= 0.3 is 0 Å². The molecule has 0 amide bonds. The van der Waals surface area contributed by atoms with E-state index in [-0.39, 0.29) is 0 Å². The molecule has 2 N–H and O–H groups in total. The van der Waals surface area contributed by atoms with E-state index in [2.05, 4.69) is 30.6 Å². The fraction of sp³-hybridized carbons (Fsp3) is 0.533. The summed E-state index contributed by atoms with van der Waals surface area (Å²) >= 11 is 1.73. The van der Waals surface area contributed by atoms with Gasteiger partial charge in [-0.3, -0.25) is 0 Å². The van der Waals surface area contributed by atoms with Crippen LogP contribution in [0.15, 0.2) is 23.1 Å². The molecule has 1 aliphatic rings. The first-order valence-corrected chi connectivity index (χ1v) is 7.89. The van der Waals surface area contributed by atoms with Crippen molar-refractivity contribution in [3.8, 4) is 6.07 Å². The minimum Gasteiger partial charge on any atom is -0.381 e. The number of rotatable bonds is 4. The number of thioether (sulfide) groups is 1. The third-order valence-electron chi connectivity index (χ3n) is 3.42. The Hall–Kier alpha value is -1.18. The average molecular weight is 275 g/mol. The van der Waals surface area contributed by atoms with Gasteiger partial charge in [0.25, 0.3) is 0 Å².